The first-order valence-corrected chi connectivity index (χ1v) is 7.33. The summed E-state index contributed by atoms with van der Waals surface area (Å²) in [7, 11) is 1.70. The summed E-state index contributed by atoms with van der Waals surface area (Å²) in [4.78, 5) is 0. The average Bonchev–Trinajstić information content (AvgIpc) is 2.46. The van der Waals surface area contributed by atoms with Crippen molar-refractivity contribution >= 4 is 21.6 Å². The number of hydrogen-bond donors (Lipinski definition) is 2. The van der Waals surface area contributed by atoms with Crippen molar-refractivity contribution < 1.29 is 4.74 Å². The van der Waals surface area contributed by atoms with Crippen LogP contribution in [0.1, 0.15) is 17.2 Å². The standard InChI is InChI=1S/C16H19BrN2O/c1-20-11-12-5-2-3-8-15(12)16(10-18)19-14-7-4-6-13(17)9-14/h2-9,16,19H,10-11,18H2,1H3. The molecule has 20 heavy (non-hydrogen) atoms. The summed E-state index contributed by atoms with van der Waals surface area (Å²) in [5, 5.41) is 3.47. The molecule has 3 N–H and O–H groups in total. The van der Waals surface area contributed by atoms with Crippen LogP contribution in [-0.2, 0) is 11.3 Å². The van der Waals surface area contributed by atoms with Gasteiger partial charge in [-0.1, -0.05) is 46.3 Å². The number of nitrogens with one attached hydrogen (secondary N) is 1. The third-order valence-corrected chi connectivity index (χ3v) is 3.62. The molecule has 3 nitrogen and oxygen atoms in total. The first-order chi connectivity index (χ1) is 9.74. The van der Waals surface area contributed by atoms with E-state index in [1.807, 2.05) is 36.4 Å². The van der Waals surface area contributed by atoms with E-state index in [0.29, 0.717) is 13.2 Å². The fraction of sp³-hybridized carbons (Fsp3) is 0.250. The molecule has 0 saturated carbocycles. The van der Waals surface area contributed by atoms with Crippen molar-refractivity contribution in [2.45, 2.75) is 12.6 Å². The normalized spacial score (nSPS) is 12.2. The van der Waals surface area contributed by atoms with Crippen LogP contribution in [0.2, 0.25) is 0 Å². The molecule has 2 aromatic rings. The van der Waals surface area contributed by atoms with Crippen molar-refractivity contribution in [3.8, 4) is 0 Å². The summed E-state index contributed by atoms with van der Waals surface area (Å²) in [5.41, 5.74) is 9.32. The van der Waals surface area contributed by atoms with Crippen molar-refractivity contribution in [2.75, 3.05) is 19.0 Å². The van der Waals surface area contributed by atoms with Gasteiger partial charge in [-0.25, -0.2) is 0 Å². The lowest BCUT2D eigenvalue weighted by molar-refractivity contribution is 0.184. The molecule has 0 aliphatic carbocycles. The molecule has 0 amide bonds. The molecule has 2 rings (SSSR count). The molecule has 4 heteroatoms. The summed E-state index contributed by atoms with van der Waals surface area (Å²) in [6.07, 6.45) is 0. The second kappa shape index (κ2) is 7.43. The molecule has 1 unspecified atom stereocenters. The SMILES string of the molecule is COCc1ccccc1C(CN)Nc1cccc(Br)c1. The van der Waals surface area contributed by atoms with Crippen LogP contribution in [0.15, 0.2) is 53.0 Å². The summed E-state index contributed by atoms with van der Waals surface area (Å²) >= 11 is 3.48. The number of halogens is 1. The van der Waals surface area contributed by atoms with Crippen molar-refractivity contribution in [3.63, 3.8) is 0 Å². The van der Waals surface area contributed by atoms with E-state index in [1.54, 1.807) is 7.11 Å². The number of hydrogen-bond acceptors (Lipinski definition) is 3. The third-order valence-electron chi connectivity index (χ3n) is 3.13. The van der Waals surface area contributed by atoms with Gasteiger partial charge in [-0.2, -0.15) is 0 Å². The zero-order chi connectivity index (χ0) is 14.4. The van der Waals surface area contributed by atoms with E-state index in [4.69, 9.17) is 10.5 Å². The first-order valence-electron chi connectivity index (χ1n) is 6.53. The van der Waals surface area contributed by atoms with Crippen molar-refractivity contribution in [2.24, 2.45) is 5.73 Å². The Hall–Kier alpha value is -1.36. The van der Waals surface area contributed by atoms with Gasteiger partial charge in [-0.3, -0.25) is 0 Å². The van der Waals surface area contributed by atoms with Crippen molar-refractivity contribution in [1.29, 1.82) is 0 Å². The van der Waals surface area contributed by atoms with E-state index in [9.17, 15) is 0 Å². The number of rotatable bonds is 6. The Kier molecular flexibility index (Phi) is 5.59. The number of ether oxygens (including phenoxy) is 1. The molecule has 0 bridgehead atoms. The van der Waals surface area contributed by atoms with Crippen LogP contribution < -0.4 is 11.1 Å². The lowest BCUT2D eigenvalue weighted by Gasteiger charge is -2.21. The number of methoxy groups -OCH3 is 1. The van der Waals surface area contributed by atoms with E-state index < -0.39 is 0 Å². The van der Waals surface area contributed by atoms with E-state index in [2.05, 4.69) is 33.4 Å². The summed E-state index contributed by atoms with van der Waals surface area (Å²) in [6.45, 7) is 1.11. The maximum Gasteiger partial charge on any atom is 0.0716 e. The quantitative estimate of drug-likeness (QED) is 0.846. The molecule has 1 atom stereocenters. The van der Waals surface area contributed by atoms with Gasteiger partial charge in [0.05, 0.1) is 12.6 Å². The van der Waals surface area contributed by atoms with Crippen LogP contribution in [0, 0.1) is 0 Å². The van der Waals surface area contributed by atoms with Crippen molar-refractivity contribution in [3.05, 3.63) is 64.1 Å². The molecule has 2 aromatic carbocycles. The monoisotopic (exact) mass is 334 g/mol. The molecule has 0 saturated heterocycles. The van der Waals surface area contributed by atoms with E-state index in [0.717, 1.165) is 15.7 Å². The Morgan fingerprint density at radius 3 is 2.70 bits per heavy atom. The predicted molar refractivity (Wildman–Crippen MR) is 86.7 cm³/mol. The molecule has 0 heterocycles. The van der Waals surface area contributed by atoms with Gasteiger partial charge in [-0.05, 0) is 29.3 Å². The molecular formula is C16H19BrN2O. The Balaban J connectivity index is 2.24. The Bertz CT molecular complexity index is 560. The Morgan fingerprint density at radius 2 is 2.00 bits per heavy atom. The number of benzene rings is 2. The highest BCUT2D eigenvalue weighted by molar-refractivity contribution is 9.10. The van der Waals surface area contributed by atoms with Gasteiger partial charge in [0.15, 0.2) is 0 Å². The maximum atomic E-state index is 5.94. The molecule has 0 spiro atoms. The molecule has 0 aliphatic rings. The second-order valence-electron chi connectivity index (χ2n) is 4.57. The molecule has 0 radical (unpaired) electrons. The maximum absolute atomic E-state index is 5.94. The molecule has 0 fully saturated rings. The third kappa shape index (κ3) is 3.82. The number of anilines is 1. The van der Waals surface area contributed by atoms with Gasteiger partial charge in [0.1, 0.15) is 0 Å². The van der Waals surface area contributed by atoms with Crippen LogP contribution in [0.5, 0.6) is 0 Å². The minimum absolute atomic E-state index is 0.0654. The molecular weight excluding hydrogens is 316 g/mol. The Labute approximate surface area is 128 Å². The van der Waals surface area contributed by atoms with Gasteiger partial charge in [0, 0.05) is 23.8 Å². The minimum atomic E-state index is 0.0654. The van der Waals surface area contributed by atoms with Gasteiger partial charge < -0.3 is 15.8 Å². The average molecular weight is 335 g/mol. The fourth-order valence-corrected chi connectivity index (χ4v) is 2.60. The summed E-state index contributed by atoms with van der Waals surface area (Å²) in [5.74, 6) is 0. The van der Waals surface area contributed by atoms with E-state index in [1.165, 1.54) is 5.56 Å². The van der Waals surface area contributed by atoms with E-state index in [-0.39, 0.29) is 6.04 Å². The lowest BCUT2D eigenvalue weighted by atomic mass is 10.0. The lowest BCUT2D eigenvalue weighted by Crippen LogP contribution is -2.22. The molecule has 0 aromatic heterocycles. The van der Waals surface area contributed by atoms with Gasteiger partial charge in [0.25, 0.3) is 0 Å². The van der Waals surface area contributed by atoms with Crippen LogP contribution >= 0.6 is 15.9 Å². The Morgan fingerprint density at radius 1 is 1.20 bits per heavy atom. The van der Waals surface area contributed by atoms with Crippen molar-refractivity contribution in [1.82, 2.24) is 0 Å². The zero-order valence-corrected chi connectivity index (χ0v) is 13.1. The van der Waals surface area contributed by atoms with Gasteiger partial charge >= 0.3 is 0 Å². The van der Waals surface area contributed by atoms with E-state index >= 15 is 0 Å². The smallest absolute Gasteiger partial charge is 0.0716 e. The zero-order valence-electron chi connectivity index (χ0n) is 11.5. The van der Waals surface area contributed by atoms with Crippen LogP contribution in [0.25, 0.3) is 0 Å². The predicted octanol–water partition coefficient (Wildman–Crippen LogP) is 3.71. The van der Waals surface area contributed by atoms with Crippen LogP contribution in [-0.4, -0.2) is 13.7 Å². The highest BCUT2D eigenvalue weighted by Gasteiger charge is 2.13. The summed E-state index contributed by atoms with van der Waals surface area (Å²) in [6, 6.07) is 16.4. The fourth-order valence-electron chi connectivity index (χ4n) is 2.20. The van der Waals surface area contributed by atoms with Gasteiger partial charge in [0.2, 0.25) is 0 Å². The summed E-state index contributed by atoms with van der Waals surface area (Å²) < 4.78 is 6.30. The molecule has 0 aliphatic heterocycles. The van der Waals surface area contributed by atoms with Crippen LogP contribution in [0.3, 0.4) is 0 Å². The largest absolute Gasteiger partial charge is 0.380 e. The highest BCUT2D eigenvalue weighted by atomic mass is 79.9. The van der Waals surface area contributed by atoms with Crippen LogP contribution in [0.4, 0.5) is 5.69 Å². The number of nitrogens with two attached hydrogens (primary N) is 1. The highest BCUT2D eigenvalue weighted by Crippen LogP contribution is 2.24. The molecule has 106 valence electrons. The second-order valence-corrected chi connectivity index (χ2v) is 5.49. The topological polar surface area (TPSA) is 47.3 Å². The van der Waals surface area contributed by atoms with Gasteiger partial charge in [-0.15, -0.1) is 0 Å². The minimum Gasteiger partial charge on any atom is -0.380 e. The first kappa shape index (κ1) is 15.0.